The van der Waals surface area contributed by atoms with E-state index >= 15 is 0 Å². The smallest absolute Gasteiger partial charge is 0.317 e. The summed E-state index contributed by atoms with van der Waals surface area (Å²) < 4.78 is 0. The first-order chi connectivity index (χ1) is 6.09. The fraction of sp³-hybridized carbons (Fsp3) is 0.500. The van der Waals surface area contributed by atoms with Crippen molar-refractivity contribution in [1.82, 2.24) is 9.88 Å². The summed E-state index contributed by atoms with van der Waals surface area (Å²) in [6, 6.07) is 0. The highest BCUT2D eigenvalue weighted by Crippen LogP contribution is 2.13. The van der Waals surface area contributed by atoms with Crippen LogP contribution in [0.25, 0.3) is 0 Å². The summed E-state index contributed by atoms with van der Waals surface area (Å²) in [6.45, 7) is 2.65. The second-order valence-electron chi connectivity index (χ2n) is 2.93. The molecule has 0 aromatic carbocycles. The van der Waals surface area contributed by atoms with Gasteiger partial charge in [-0.05, 0) is 14.0 Å². The fourth-order valence-electron chi connectivity index (χ4n) is 1.01. The summed E-state index contributed by atoms with van der Waals surface area (Å²) in [6.07, 6.45) is 0. The molecule has 0 amide bonds. The van der Waals surface area contributed by atoms with Crippen LogP contribution < -0.4 is 0 Å². The zero-order valence-electron chi connectivity index (χ0n) is 7.65. The van der Waals surface area contributed by atoms with Crippen LogP contribution in [-0.2, 0) is 11.3 Å². The second-order valence-corrected chi connectivity index (χ2v) is 3.87. The number of carbonyl (C=O) groups is 1. The number of aryl methyl sites for hydroxylation is 1. The molecule has 0 aliphatic carbocycles. The first-order valence-corrected chi connectivity index (χ1v) is 4.77. The molecule has 0 unspecified atom stereocenters. The van der Waals surface area contributed by atoms with Crippen molar-refractivity contribution in [3.05, 3.63) is 16.1 Å². The van der Waals surface area contributed by atoms with Crippen LogP contribution in [0.2, 0.25) is 0 Å². The van der Waals surface area contributed by atoms with Gasteiger partial charge in [0.15, 0.2) is 0 Å². The number of aromatic nitrogens is 1. The molecular weight excluding hydrogens is 188 g/mol. The molecule has 0 saturated heterocycles. The third kappa shape index (κ3) is 3.12. The van der Waals surface area contributed by atoms with E-state index < -0.39 is 5.97 Å². The molecule has 1 rings (SSSR count). The topological polar surface area (TPSA) is 53.4 Å². The summed E-state index contributed by atoms with van der Waals surface area (Å²) in [4.78, 5) is 17.3. The van der Waals surface area contributed by atoms with Gasteiger partial charge in [0.25, 0.3) is 0 Å². The van der Waals surface area contributed by atoms with Gasteiger partial charge in [-0.25, -0.2) is 4.98 Å². The van der Waals surface area contributed by atoms with Crippen LogP contribution in [0.15, 0.2) is 5.51 Å². The highest BCUT2D eigenvalue weighted by Gasteiger charge is 2.07. The zero-order valence-corrected chi connectivity index (χ0v) is 8.47. The Hall–Kier alpha value is -0.940. The average Bonchev–Trinajstić information content (AvgIpc) is 2.34. The van der Waals surface area contributed by atoms with Crippen LogP contribution in [0, 0.1) is 6.92 Å². The van der Waals surface area contributed by atoms with Crippen molar-refractivity contribution in [3.8, 4) is 0 Å². The van der Waals surface area contributed by atoms with E-state index in [1.165, 1.54) is 0 Å². The summed E-state index contributed by atoms with van der Waals surface area (Å²) in [5.41, 5.74) is 2.77. The van der Waals surface area contributed by atoms with Gasteiger partial charge in [-0.15, -0.1) is 11.3 Å². The molecule has 5 heteroatoms. The Bertz CT molecular complexity index is 298. The van der Waals surface area contributed by atoms with Crippen molar-refractivity contribution in [2.45, 2.75) is 13.5 Å². The minimum absolute atomic E-state index is 0.0668. The lowest BCUT2D eigenvalue weighted by atomic mass is 10.3. The molecule has 1 aromatic heterocycles. The van der Waals surface area contributed by atoms with Crippen molar-refractivity contribution < 1.29 is 9.90 Å². The molecule has 72 valence electrons. The standard InChI is InChI=1S/C8H12N2O2S/c1-6-7(13-5-9-6)3-10(2)4-8(11)12/h5H,3-4H2,1-2H3,(H,11,12). The van der Waals surface area contributed by atoms with Crippen LogP contribution in [0.4, 0.5) is 0 Å². The SMILES string of the molecule is Cc1ncsc1CN(C)CC(=O)O. The Kier molecular flexibility index (Phi) is 3.39. The lowest BCUT2D eigenvalue weighted by Gasteiger charge is -2.12. The second kappa shape index (κ2) is 4.34. The van der Waals surface area contributed by atoms with Gasteiger partial charge in [0.2, 0.25) is 0 Å². The molecule has 1 heterocycles. The third-order valence-electron chi connectivity index (χ3n) is 1.66. The molecule has 0 spiro atoms. The van der Waals surface area contributed by atoms with Crippen LogP contribution in [-0.4, -0.2) is 34.6 Å². The van der Waals surface area contributed by atoms with Gasteiger partial charge in [0.05, 0.1) is 17.7 Å². The van der Waals surface area contributed by atoms with E-state index in [0.29, 0.717) is 6.54 Å². The maximum Gasteiger partial charge on any atom is 0.317 e. The van der Waals surface area contributed by atoms with Crippen molar-refractivity contribution >= 4 is 17.3 Å². The number of carboxylic acids is 1. The Balaban J connectivity index is 2.49. The summed E-state index contributed by atoms with van der Waals surface area (Å²) in [5.74, 6) is -0.801. The predicted octanol–water partition coefficient (Wildman–Crippen LogP) is 0.968. The fourth-order valence-corrected chi connectivity index (χ4v) is 1.87. The molecular formula is C8H12N2O2S. The molecule has 4 nitrogen and oxygen atoms in total. The van der Waals surface area contributed by atoms with Crippen molar-refractivity contribution in [3.63, 3.8) is 0 Å². The number of aliphatic carboxylic acids is 1. The quantitative estimate of drug-likeness (QED) is 0.786. The summed E-state index contributed by atoms with van der Waals surface area (Å²) in [7, 11) is 1.78. The minimum Gasteiger partial charge on any atom is -0.480 e. The van der Waals surface area contributed by atoms with Gasteiger partial charge in [0.1, 0.15) is 0 Å². The van der Waals surface area contributed by atoms with E-state index in [-0.39, 0.29) is 6.54 Å². The number of thiazole rings is 1. The maximum atomic E-state index is 10.4. The lowest BCUT2D eigenvalue weighted by Crippen LogP contribution is -2.24. The normalized spacial score (nSPS) is 10.7. The van der Waals surface area contributed by atoms with Crippen molar-refractivity contribution in [2.24, 2.45) is 0 Å². The van der Waals surface area contributed by atoms with Crippen LogP contribution in [0.1, 0.15) is 10.6 Å². The molecule has 13 heavy (non-hydrogen) atoms. The van der Waals surface area contributed by atoms with Gasteiger partial charge in [0, 0.05) is 11.4 Å². The van der Waals surface area contributed by atoms with Gasteiger partial charge >= 0.3 is 5.97 Å². The Morgan fingerprint density at radius 3 is 2.92 bits per heavy atom. The molecule has 1 N–H and O–H groups in total. The number of hydrogen-bond acceptors (Lipinski definition) is 4. The zero-order chi connectivity index (χ0) is 9.84. The average molecular weight is 200 g/mol. The van der Waals surface area contributed by atoms with Gasteiger partial charge in [-0.1, -0.05) is 0 Å². The van der Waals surface area contributed by atoms with Gasteiger partial charge in [-0.3, -0.25) is 9.69 Å². The molecule has 0 saturated carbocycles. The Morgan fingerprint density at radius 1 is 1.77 bits per heavy atom. The molecule has 0 aliphatic rings. The molecule has 0 atom stereocenters. The highest BCUT2D eigenvalue weighted by molar-refractivity contribution is 7.09. The minimum atomic E-state index is -0.801. The number of likely N-dealkylation sites (N-methyl/N-ethyl adjacent to an activating group) is 1. The van der Waals surface area contributed by atoms with Crippen LogP contribution in [0.5, 0.6) is 0 Å². The van der Waals surface area contributed by atoms with Crippen molar-refractivity contribution in [2.75, 3.05) is 13.6 Å². The van der Waals surface area contributed by atoms with E-state index in [9.17, 15) is 4.79 Å². The number of carboxylic acid groups (broad SMARTS) is 1. The summed E-state index contributed by atoms with van der Waals surface area (Å²) in [5, 5.41) is 8.53. The third-order valence-corrected chi connectivity index (χ3v) is 2.58. The molecule has 0 aliphatic heterocycles. The first kappa shape index (κ1) is 10.1. The van der Waals surface area contributed by atoms with Crippen molar-refractivity contribution in [1.29, 1.82) is 0 Å². The van der Waals surface area contributed by atoms with Crippen LogP contribution in [0.3, 0.4) is 0 Å². The summed E-state index contributed by atoms with van der Waals surface area (Å²) >= 11 is 1.56. The molecule has 0 radical (unpaired) electrons. The highest BCUT2D eigenvalue weighted by atomic mass is 32.1. The van der Waals surface area contributed by atoms with E-state index in [1.807, 2.05) is 6.92 Å². The van der Waals surface area contributed by atoms with Gasteiger partial charge in [-0.2, -0.15) is 0 Å². The van der Waals surface area contributed by atoms with E-state index in [0.717, 1.165) is 10.6 Å². The maximum absolute atomic E-state index is 10.4. The Morgan fingerprint density at radius 2 is 2.46 bits per heavy atom. The molecule has 0 fully saturated rings. The largest absolute Gasteiger partial charge is 0.480 e. The monoisotopic (exact) mass is 200 g/mol. The van der Waals surface area contributed by atoms with Gasteiger partial charge < -0.3 is 5.11 Å². The number of hydrogen-bond donors (Lipinski definition) is 1. The molecule has 1 aromatic rings. The van der Waals surface area contributed by atoms with E-state index in [1.54, 1.807) is 28.8 Å². The van der Waals surface area contributed by atoms with E-state index in [4.69, 9.17) is 5.11 Å². The Labute approximate surface area is 80.8 Å². The molecule has 0 bridgehead atoms. The number of rotatable bonds is 4. The predicted molar refractivity (Wildman–Crippen MR) is 50.8 cm³/mol. The first-order valence-electron chi connectivity index (χ1n) is 3.89. The lowest BCUT2D eigenvalue weighted by molar-refractivity contribution is -0.138. The van der Waals surface area contributed by atoms with E-state index in [2.05, 4.69) is 4.98 Å². The number of nitrogens with zero attached hydrogens (tertiary/aromatic N) is 2. The van der Waals surface area contributed by atoms with Crippen LogP contribution >= 0.6 is 11.3 Å².